The summed E-state index contributed by atoms with van der Waals surface area (Å²) in [5, 5.41) is 13.2. The first-order valence-electron chi connectivity index (χ1n) is 10.4. The molecule has 1 aromatic heterocycles. The molecule has 0 spiro atoms. The van der Waals surface area contributed by atoms with Gasteiger partial charge in [-0.25, -0.2) is 18.8 Å². The lowest BCUT2D eigenvalue weighted by atomic mass is 9.75. The van der Waals surface area contributed by atoms with Crippen molar-refractivity contribution < 1.29 is 13.7 Å². The van der Waals surface area contributed by atoms with Crippen molar-refractivity contribution in [3.8, 4) is 5.88 Å². The highest BCUT2D eigenvalue weighted by Crippen LogP contribution is 2.45. The summed E-state index contributed by atoms with van der Waals surface area (Å²) in [6.45, 7) is 7.34. The highest BCUT2D eigenvalue weighted by Gasteiger charge is 2.33. The number of aryl methyl sites for hydroxylation is 1. The molecule has 2 aliphatic carbocycles. The number of hydrogen-bond donors (Lipinski definition) is 2. The standard InChI is InChI=1S/C21H27N5O3S/c1-12-7-14-8-13-5-4-6-15(13)18(17(12)14)24-20(27)25-30(22,28)16-9-23-26-10-21(2,3)11-29-19(16)26/h8-9,12H,4-7,10-11H2,1-3H3,(H3,22,24,25,27,28)/t12-,30-/m0/s1. The average Bonchev–Trinajstić information content (AvgIpc) is 3.25. The topological polar surface area (TPSA) is 112 Å². The van der Waals surface area contributed by atoms with E-state index in [9.17, 15) is 9.00 Å². The Labute approximate surface area is 176 Å². The van der Waals surface area contributed by atoms with Crippen molar-refractivity contribution in [2.75, 3.05) is 11.9 Å². The van der Waals surface area contributed by atoms with Gasteiger partial charge in [0.25, 0.3) is 0 Å². The van der Waals surface area contributed by atoms with Gasteiger partial charge in [-0.3, -0.25) is 0 Å². The third kappa shape index (κ3) is 3.11. The Hall–Kier alpha value is -2.39. The molecule has 2 atom stereocenters. The summed E-state index contributed by atoms with van der Waals surface area (Å²) in [6, 6.07) is 1.58. The maximum atomic E-state index is 13.2. The average molecular weight is 430 g/mol. The summed E-state index contributed by atoms with van der Waals surface area (Å²) in [6.07, 6.45) is 5.46. The molecule has 0 saturated carbocycles. The molecule has 2 amide bonds. The second-order valence-electron chi connectivity index (χ2n) is 9.44. The third-order valence-electron chi connectivity index (χ3n) is 6.25. The van der Waals surface area contributed by atoms with Crippen molar-refractivity contribution in [2.24, 2.45) is 14.9 Å². The van der Waals surface area contributed by atoms with Gasteiger partial charge in [0.15, 0.2) is 9.92 Å². The zero-order valence-corrected chi connectivity index (χ0v) is 18.3. The minimum atomic E-state index is -3.49. The Kier molecular flexibility index (Phi) is 4.27. The number of ether oxygens (including phenoxy) is 1. The van der Waals surface area contributed by atoms with Crippen LogP contribution in [0.25, 0.3) is 0 Å². The van der Waals surface area contributed by atoms with E-state index < -0.39 is 15.9 Å². The predicted octanol–water partition coefficient (Wildman–Crippen LogP) is 3.38. The van der Waals surface area contributed by atoms with Crippen molar-refractivity contribution in [3.05, 3.63) is 34.5 Å². The molecule has 8 nitrogen and oxygen atoms in total. The van der Waals surface area contributed by atoms with Crippen LogP contribution in [0.1, 0.15) is 55.4 Å². The quantitative estimate of drug-likeness (QED) is 0.762. The maximum absolute atomic E-state index is 13.2. The van der Waals surface area contributed by atoms with Crippen molar-refractivity contribution >= 4 is 21.6 Å². The van der Waals surface area contributed by atoms with Gasteiger partial charge < -0.3 is 10.1 Å². The molecular formula is C21H27N5O3S. The first kappa shape index (κ1) is 19.6. The van der Waals surface area contributed by atoms with Gasteiger partial charge in [0.2, 0.25) is 5.88 Å². The Morgan fingerprint density at radius 1 is 1.40 bits per heavy atom. The fraction of sp³-hybridized carbons (Fsp3) is 0.524. The van der Waals surface area contributed by atoms with E-state index in [1.807, 2.05) is 0 Å². The van der Waals surface area contributed by atoms with Gasteiger partial charge in [0.05, 0.1) is 19.3 Å². The number of aromatic nitrogens is 2. The second kappa shape index (κ2) is 6.55. The molecular weight excluding hydrogens is 402 g/mol. The molecule has 3 aliphatic rings. The Morgan fingerprint density at radius 3 is 2.97 bits per heavy atom. The van der Waals surface area contributed by atoms with Gasteiger partial charge in [0.1, 0.15) is 4.90 Å². The molecule has 3 N–H and O–H groups in total. The largest absolute Gasteiger partial charge is 0.476 e. The summed E-state index contributed by atoms with van der Waals surface area (Å²) in [5.74, 6) is 0.722. The van der Waals surface area contributed by atoms with E-state index in [-0.39, 0.29) is 10.3 Å². The van der Waals surface area contributed by atoms with Crippen LogP contribution in [0.4, 0.5) is 10.5 Å². The van der Waals surface area contributed by atoms with Crippen LogP contribution in [0.3, 0.4) is 0 Å². The van der Waals surface area contributed by atoms with Gasteiger partial charge >= 0.3 is 6.03 Å². The van der Waals surface area contributed by atoms with Crippen LogP contribution < -0.4 is 15.2 Å². The van der Waals surface area contributed by atoms with E-state index in [0.717, 1.165) is 31.4 Å². The van der Waals surface area contributed by atoms with Gasteiger partial charge in [0, 0.05) is 11.1 Å². The number of amides is 2. The lowest BCUT2D eigenvalue weighted by molar-refractivity contribution is 0.0972. The molecule has 30 heavy (non-hydrogen) atoms. The molecule has 0 fully saturated rings. The van der Waals surface area contributed by atoms with E-state index in [2.05, 4.69) is 41.6 Å². The van der Waals surface area contributed by atoms with Crippen LogP contribution in [0.5, 0.6) is 5.88 Å². The first-order chi connectivity index (χ1) is 14.1. The van der Waals surface area contributed by atoms with E-state index >= 15 is 0 Å². The van der Waals surface area contributed by atoms with E-state index in [1.54, 1.807) is 4.68 Å². The van der Waals surface area contributed by atoms with Crippen molar-refractivity contribution in [3.63, 3.8) is 0 Å². The van der Waals surface area contributed by atoms with Gasteiger partial charge in [-0.1, -0.05) is 26.8 Å². The fourth-order valence-electron chi connectivity index (χ4n) is 4.83. The Morgan fingerprint density at radius 2 is 2.20 bits per heavy atom. The molecule has 9 heteroatoms. The Bertz CT molecular complexity index is 1190. The van der Waals surface area contributed by atoms with Gasteiger partial charge in [-0.05, 0) is 53.9 Å². The molecule has 5 rings (SSSR count). The van der Waals surface area contributed by atoms with Crippen LogP contribution >= 0.6 is 0 Å². The highest BCUT2D eigenvalue weighted by atomic mass is 32.2. The molecule has 2 aromatic rings. The van der Waals surface area contributed by atoms with Crippen LogP contribution in [-0.4, -0.2) is 26.6 Å². The van der Waals surface area contributed by atoms with Crippen LogP contribution in [0, 0.1) is 5.41 Å². The van der Waals surface area contributed by atoms with E-state index in [0.29, 0.717) is 24.9 Å². The number of benzene rings is 1. The highest BCUT2D eigenvalue weighted by molar-refractivity contribution is 7.91. The number of fused-ring (bicyclic) bond motifs is 3. The maximum Gasteiger partial charge on any atom is 0.354 e. The van der Waals surface area contributed by atoms with Gasteiger partial charge in [-0.15, -0.1) is 4.36 Å². The number of nitrogens with one attached hydrogen (secondary N) is 1. The number of rotatable bonds is 2. The zero-order chi connectivity index (χ0) is 21.3. The number of hydrogen-bond acceptors (Lipinski definition) is 4. The smallest absolute Gasteiger partial charge is 0.354 e. The normalized spacial score (nSPS) is 22.6. The molecule has 2 heterocycles. The zero-order valence-electron chi connectivity index (χ0n) is 17.5. The van der Waals surface area contributed by atoms with E-state index in [4.69, 9.17) is 9.88 Å². The first-order valence-corrected chi connectivity index (χ1v) is 11.9. The number of nitrogens with two attached hydrogens (primary N) is 1. The SMILES string of the molecule is C[C@H]1Cc2cc3c(c(NC(=O)N=[S@](N)(=O)c4cnn5c4OCC(C)(C)C5)c21)CCC3. The van der Waals surface area contributed by atoms with Crippen LogP contribution in [-0.2, 0) is 35.7 Å². The second-order valence-corrected chi connectivity index (χ2v) is 11.2. The molecule has 160 valence electrons. The van der Waals surface area contributed by atoms with Crippen molar-refractivity contribution in [2.45, 2.75) is 63.8 Å². The van der Waals surface area contributed by atoms with Crippen LogP contribution in [0.2, 0.25) is 0 Å². The minimum absolute atomic E-state index is 0.0907. The fourth-order valence-corrected chi connectivity index (χ4v) is 5.83. The number of urea groups is 1. The summed E-state index contributed by atoms with van der Waals surface area (Å²) >= 11 is 0. The lowest BCUT2D eigenvalue weighted by Gasteiger charge is -2.32. The third-order valence-corrected chi connectivity index (χ3v) is 7.59. The molecule has 0 radical (unpaired) electrons. The minimum Gasteiger partial charge on any atom is -0.476 e. The summed E-state index contributed by atoms with van der Waals surface area (Å²) in [7, 11) is -3.49. The van der Waals surface area contributed by atoms with Crippen molar-refractivity contribution in [1.29, 1.82) is 0 Å². The number of nitrogens with zero attached hydrogens (tertiary/aromatic N) is 3. The van der Waals surface area contributed by atoms with E-state index in [1.165, 1.54) is 28.5 Å². The number of carbonyl (C=O) groups excluding carboxylic acids is 1. The lowest BCUT2D eigenvalue weighted by Crippen LogP contribution is -2.33. The molecule has 0 bridgehead atoms. The van der Waals surface area contributed by atoms with Crippen LogP contribution in [0.15, 0.2) is 21.5 Å². The molecule has 1 aromatic carbocycles. The number of carbonyl (C=O) groups is 1. The Balaban J connectivity index is 1.47. The summed E-state index contributed by atoms with van der Waals surface area (Å²) in [4.78, 5) is 12.9. The van der Waals surface area contributed by atoms with Crippen molar-refractivity contribution in [1.82, 2.24) is 9.78 Å². The summed E-state index contributed by atoms with van der Waals surface area (Å²) < 4.78 is 24.4. The molecule has 0 saturated heterocycles. The number of anilines is 1. The molecule has 1 aliphatic heterocycles. The predicted molar refractivity (Wildman–Crippen MR) is 114 cm³/mol. The monoisotopic (exact) mass is 429 g/mol. The van der Waals surface area contributed by atoms with Gasteiger partial charge in [-0.2, -0.15) is 5.10 Å². The summed E-state index contributed by atoms with van der Waals surface area (Å²) in [5.41, 5.74) is 5.70. The molecule has 0 unspecified atom stereocenters.